The van der Waals surface area contributed by atoms with Crippen LogP contribution in [0.5, 0.6) is 0 Å². The predicted molar refractivity (Wildman–Crippen MR) is 98.0 cm³/mol. The minimum atomic E-state index is -0.0947. The second kappa shape index (κ2) is 9.58. The predicted octanol–water partition coefficient (Wildman–Crippen LogP) is 1.11. The van der Waals surface area contributed by atoms with Crippen molar-refractivity contribution in [1.82, 2.24) is 14.8 Å². The molecular weight excluding hydrogens is 344 g/mol. The molecule has 1 fully saturated rings. The van der Waals surface area contributed by atoms with Crippen molar-refractivity contribution in [2.24, 2.45) is 12.8 Å². The molecule has 2 heterocycles. The lowest BCUT2D eigenvalue weighted by Gasteiger charge is -2.36. The van der Waals surface area contributed by atoms with E-state index in [0.717, 1.165) is 19.3 Å². The molecule has 0 saturated carbocycles. The molecule has 2 rings (SSSR count). The summed E-state index contributed by atoms with van der Waals surface area (Å²) in [6, 6.07) is 1.62. The number of nitrogens with zero attached hydrogens (tertiary/aromatic N) is 2. The van der Waals surface area contributed by atoms with Crippen molar-refractivity contribution in [2.75, 3.05) is 19.6 Å². The van der Waals surface area contributed by atoms with Crippen molar-refractivity contribution in [3.05, 3.63) is 23.5 Å². The van der Waals surface area contributed by atoms with E-state index in [1.165, 1.54) is 6.92 Å². The van der Waals surface area contributed by atoms with Gasteiger partial charge in [0, 0.05) is 50.9 Å². The zero-order valence-electron chi connectivity index (χ0n) is 14.8. The summed E-state index contributed by atoms with van der Waals surface area (Å²) in [6.45, 7) is 2.90. The van der Waals surface area contributed by atoms with Gasteiger partial charge in [0.2, 0.25) is 5.91 Å². The van der Waals surface area contributed by atoms with Gasteiger partial charge in [-0.3, -0.25) is 14.4 Å². The molecule has 1 aromatic heterocycles. The Kier molecular flexibility index (Phi) is 8.12. The van der Waals surface area contributed by atoms with Crippen molar-refractivity contribution in [2.45, 2.75) is 38.6 Å². The van der Waals surface area contributed by atoms with E-state index in [1.807, 2.05) is 4.90 Å². The first kappa shape index (κ1) is 21.2. The van der Waals surface area contributed by atoms with E-state index < -0.39 is 0 Å². The molecule has 140 valence electrons. The van der Waals surface area contributed by atoms with E-state index in [-0.39, 0.29) is 36.0 Å². The van der Waals surface area contributed by atoms with Crippen molar-refractivity contribution in [1.29, 1.82) is 0 Å². The number of rotatable bonds is 6. The highest BCUT2D eigenvalue weighted by molar-refractivity contribution is 5.99. The third-order valence-electron chi connectivity index (χ3n) is 4.42. The van der Waals surface area contributed by atoms with Gasteiger partial charge in [0.15, 0.2) is 5.78 Å². The smallest absolute Gasteiger partial charge is 0.270 e. The molecule has 25 heavy (non-hydrogen) atoms. The minimum Gasteiger partial charge on any atom is -0.354 e. The van der Waals surface area contributed by atoms with Gasteiger partial charge in [-0.25, -0.2) is 0 Å². The summed E-state index contributed by atoms with van der Waals surface area (Å²) in [5.41, 5.74) is 6.41. The molecule has 0 aromatic carbocycles. The fourth-order valence-corrected chi connectivity index (χ4v) is 3.05. The molecule has 1 saturated heterocycles. The van der Waals surface area contributed by atoms with Gasteiger partial charge >= 0.3 is 0 Å². The SMILES string of the molecule is CC(=O)c1cc(C(=O)N2CCCCC2CNC(=O)CCN)n(C)c1.Cl. The van der Waals surface area contributed by atoms with Gasteiger partial charge in [-0.15, -0.1) is 12.4 Å². The molecule has 8 heteroatoms. The molecule has 1 aromatic rings. The Labute approximate surface area is 154 Å². The fourth-order valence-electron chi connectivity index (χ4n) is 3.05. The van der Waals surface area contributed by atoms with E-state index >= 15 is 0 Å². The van der Waals surface area contributed by atoms with Crippen molar-refractivity contribution >= 4 is 30.0 Å². The monoisotopic (exact) mass is 370 g/mol. The van der Waals surface area contributed by atoms with Gasteiger partial charge in [0.25, 0.3) is 5.91 Å². The molecule has 0 radical (unpaired) electrons. The van der Waals surface area contributed by atoms with E-state index in [9.17, 15) is 14.4 Å². The summed E-state index contributed by atoms with van der Waals surface area (Å²) in [5.74, 6) is -0.245. The molecule has 2 amide bonds. The number of nitrogens with one attached hydrogen (secondary N) is 1. The average molecular weight is 371 g/mol. The van der Waals surface area contributed by atoms with Crippen LogP contribution in [-0.2, 0) is 11.8 Å². The second-order valence-corrected chi connectivity index (χ2v) is 6.27. The average Bonchev–Trinajstić information content (AvgIpc) is 2.95. The quantitative estimate of drug-likeness (QED) is 0.733. The van der Waals surface area contributed by atoms with Crippen LogP contribution in [0.25, 0.3) is 0 Å². The number of carbonyl (C=O) groups is 3. The maximum atomic E-state index is 12.9. The summed E-state index contributed by atoms with van der Waals surface area (Å²) < 4.78 is 1.69. The number of Topliss-reactive ketones (excluding diaryl/α,β-unsaturated/α-hetero) is 1. The third kappa shape index (κ3) is 5.31. The Bertz CT molecular complexity index is 629. The van der Waals surface area contributed by atoms with Gasteiger partial charge in [-0.2, -0.15) is 0 Å². The van der Waals surface area contributed by atoms with E-state index in [1.54, 1.807) is 23.9 Å². The van der Waals surface area contributed by atoms with E-state index in [4.69, 9.17) is 5.73 Å². The molecule has 1 aliphatic rings. The number of ketones is 1. The van der Waals surface area contributed by atoms with Crippen LogP contribution in [0.2, 0.25) is 0 Å². The zero-order chi connectivity index (χ0) is 17.7. The number of piperidine rings is 1. The Morgan fingerprint density at radius 2 is 2.04 bits per heavy atom. The zero-order valence-corrected chi connectivity index (χ0v) is 15.6. The standard InChI is InChI=1S/C17H26N4O3.ClH/c1-12(22)13-9-15(20(2)11-13)17(24)21-8-4-3-5-14(21)10-19-16(23)6-7-18;/h9,11,14H,3-8,10,18H2,1-2H3,(H,19,23);1H. The number of carbonyl (C=O) groups excluding carboxylic acids is 3. The number of hydrogen-bond donors (Lipinski definition) is 2. The summed E-state index contributed by atoms with van der Waals surface area (Å²) in [7, 11) is 1.77. The van der Waals surface area contributed by atoms with Crippen LogP contribution in [0.3, 0.4) is 0 Å². The highest BCUT2D eigenvalue weighted by Crippen LogP contribution is 2.20. The van der Waals surface area contributed by atoms with Gasteiger partial charge in [0.1, 0.15) is 5.69 Å². The number of aromatic nitrogens is 1. The van der Waals surface area contributed by atoms with Gasteiger partial charge < -0.3 is 20.5 Å². The number of amides is 2. The molecule has 3 N–H and O–H groups in total. The van der Waals surface area contributed by atoms with Gasteiger partial charge in [-0.05, 0) is 32.3 Å². The molecule has 0 spiro atoms. The number of hydrogen-bond acceptors (Lipinski definition) is 4. The lowest BCUT2D eigenvalue weighted by molar-refractivity contribution is -0.121. The Morgan fingerprint density at radius 3 is 2.64 bits per heavy atom. The second-order valence-electron chi connectivity index (χ2n) is 6.27. The maximum absolute atomic E-state index is 12.9. The third-order valence-corrected chi connectivity index (χ3v) is 4.42. The van der Waals surface area contributed by atoms with Crippen LogP contribution in [0.15, 0.2) is 12.3 Å². The summed E-state index contributed by atoms with van der Waals surface area (Å²) in [6.07, 6.45) is 4.81. The van der Waals surface area contributed by atoms with Crippen LogP contribution in [-0.4, -0.2) is 52.7 Å². The number of halogens is 1. The first-order valence-corrected chi connectivity index (χ1v) is 8.39. The lowest BCUT2D eigenvalue weighted by Crippen LogP contribution is -2.49. The van der Waals surface area contributed by atoms with Crippen LogP contribution in [0, 0.1) is 0 Å². The Hall–Kier alpha value is -1.86. The fraction of sp³-hybridized carbons (Fsp3) is 0.588. The maximum Gasteiger partial charge on any atom is 0.270 e. The molecule has 1 unspecified atom stereocenters. The van der Waals surface area contributed by atoms with Crippen LogP contribution in [0.4, 0.5) is 0 Å². The molecule has 0 aliphatic carbocycles. The van der Waals surface area contributed by atoms with Gasteiger partial charge in [-0.1, -0.05) is 0 Å². The highest BCUT2D eigenvalue weighted by atomic mass is 35.5. The van der Waals surface area contributed by atoms with Crippen molar-refractivity contribution in [3.8, 4) is 0 Å². The summed E-state index contributed by atoms with van der Waals surface area (Å²) >= 11 is 0. The number of likely N-dealkylation sites (tertiary alicyclic amines) is 1. The number of nitrogens with two attached hydrogens (primary N) is 1. The van der Waals surface area contributed by atoms with E-state index in [0.29, 0.717) is 37.3 Å². The Morgan fingerprint density at radius 1 is 1.32 bits per heavy atom. The summed E-state index contributed by atoms with van der Waals surface area (Å²) in [5, 5.41) is 2.85. The highest BCUT2D eigenvalue weighted by Gasteiger charge is 2.29. The molecule has 1 atom stereocenters. The Balaban J connectivity index is 0.00000312. The van der Waals surface area contributed by atoms with E-state index in [2.05, 4.69) is 5.32 Å². The topological polar surface area (TPSA) is 97.4 Å². The van der Waals surface area contributed by atoms with Crippen LogP contribution >= 0.6 is 12.4 Å². The van der Waals surface area contributed by atoms with Gasteiger partial charge in [0.05, 0.1) is 0 Å². The minimum absolute atomic E-state index is 0. The normalized spacial score (nSPS) is 16.9. The molecule has 7 nitrogen and oxygen atoms in total. The van der Waals surface area contributed by atoms with Crippen LogP contribution < -0.4 is 11.1 Å². The molecule has 0 bridgehead atoms. The lowest BCUT2D eigenvalue weighted by atomic mass is 10.0. The van der Waals surface area contributed by atoms with Crippen molar-refractivity contribution in [3.63, 3.8) is 0 Å². The first-order valence-electron chi connectivity index (χ1n) is 8.39. The largest absolute Gasteiger partial charge is 0.354 e. The molecular formula is C17H27ClN4O3. The molecule has 1 aliphatic heterocycles. The summed E-state index contributed by atoms with van der Waals surface area (Å²) in [4.78, 5) is 37.9. The van der Waals surface area contributed by atoms with Crippen molar-refractivity contribution < 1.29 is 14.4 Å². The van der Waals surface area contributed by atoms with Crippen LogP contribution in [0.1, 0.15) is 53.5 Å². The first-order chi connectivity index (χ1) is 11.4. The number of aryl methyl sites for hydroxylation is 1.